The maximum atomic E-state index is 5.91. The summed E-state index contributed by atoms with van der Waals surface area (Å²) in [6, 6.07) is 15.0. The van der Waals surface area contributed by atoms with Gasteiger partial charge in [-0.15, -0.1) is 0 Å². The number of hydrogen-bond donors (Lipinski definition) is 1. The van der Waals surface area contributed by atoms with Gasteiger partial charge in [-0.1, -0.05) is 30.3 Å². The first-order valence-electron chi connectivity index (χ1n) is 5.63. The predicted octanol–water partition coefficient (Wildman–Crippen LogP) is 2.65. The summed E-state index contributed by atoms with van der Waals surface area (Å²) in [5.41, 5.74) is 9.71. The van der Waals surface area contributed by atoms with E-state index in [0.29, 0.717) is 6.54 Å². The Morgan fingerprint density at radius 1 is 1.00 bits per heavy atom. The first-order chi connectivity index (χ1) is 7.74. The zero-order valence-corrected chi connectivity index (χ0v) is 9.85. The Morgan fingerprint density at radius 3 is 2.06 bits per heavy atom. The second kappa shape index (κ2) is 4.54. The van der Waals surface area contributed by atoms with E-state index < -0.39 is 0 Å². The molecule has 2 nitrogen and oxygen atoms in total. The molecule has 1 atom stereocenters. The van der Waals surface area contributed by atoms with Gasteiger partial charge in [-0.05, 0) is 31.5 Å². The van der Waals surface area contributed by atoms with Crippen LogP contribution in [0.1, 0.15) is 23.0 Å². The second-order valence-corrected chi connectivity index (χ2v) is 4.15. The zero-order chi connectivity index (χ0) is 11.5. The molecule has 1 unspecified atom stereocenters. The van der Waals surface area contributed by atoms with E-state index in [1.807, 2.05) is 6.07 Å². The Kier molecular flexibility index (Phi) is 3.11. The van der Waals surface area contributed by atoms with Gasteiger partial charge in [0.2, 0.25) is 0 Å². The summed E-state index contributed by atoms with van der Waals surface area (Å²) in [6.07, 6.45) is 0. The molecule has 0 saturated carbocycles. The Morgan fingerprint density at radius 2 is 1.56 bits per heavy atom. The highest BCUT2D eigenvalue weighted by molar-refractivity contribution is 5.25. The van der Waals surface area contributed by atoms with E-state index >= 15 is 0 Å². The number of hydrogen-bond acceptors (Lipinski definition) is 1. The zero-order valence-electron chi connectivity index (χ0n) is 9.85. The van der Waals surface area contributed by atoms with Crippen molar-refractivity contribution in [2.24, 2.45) is 5.73 Å². The second-order valence-electron chi connectivity index (χ2n) is 4.15. The summed E-state index contributed by atoms with van der Waals surface area (Å²) in [5, 5.41) is 0. The van der Waals surface area contributed by atoms with E-state index in [-0.39, 0.29) is 6.04 Å². The van der Waals surface area contributed by atoms with Gasteiger partial charge in [-0.2, -0.15) is 0 Å². The van der Waals surface area contributed by atoms with Crippen LogP contribution in [0.5, 0.6) is 0 Å². The highest BCUT2D eigenvalue weighted by atomic mass is 15.0. The third-order valence-electron chi connectivity index (χ3n) is 3.04. The van der Waals surface area contributed by atoms with E-state index in [2.05, 4.69) is 54.8 Å². The molecule has 0 radical (unpaired) electrons. The van der Waals surface area contributed by atoms with Gasteiger partial charge >= 0.3 is 0 Å². The lowest BCUT2D eigenvalue weighted by atomic mass is 10.1. The van der Waals surface area contributed by atoms with Gasteiger partial charge in [0.05, 0.1) is 6.04 Å². The molecule has 1 aromatic heterocycles. The molecule has 2 aromatic rings. The third kappa shape index (κ3) is 1.89. The van der Waals surface area contributed by atoms with Crippen LogP contribution in [0.2, 0.25) is 0 Å². The van der Waals surface area contributed by atoms with Crippen LogP contribution in [-0.2, 0) is 0 Å². The Labute approximate surface area is 96.7 Å². The maximum Gasteiger partial charge on any atom is 0.0707 e. The van der Waals surface area contributed by atoms with Crippen LogP contribution < -0.4 is 5.73 Å². The molecule has 0 saturated heterocycles. The number of nitrogens with two attached hydrogens (primary N) is 1. The topological polar surface area (TPSA) is 30.9 Å². The van der Waals surface area contributed by atoms with Gasteiger partial charge < -0.3 is 10.3 Å². The first-order valence-corrected chi connectivity index (χ1v) is 5.63. The maximum absolute atomic E-state index is 5.91. The van der Waals surface area contributed by atoms with Crippen LogP contribution in [0, 0.1) is 13.8 Å². The lowest BCUT2D eigenvalue weighted by Gasteiger charge is -2.21. The largest absolute Gasteiger partial charge is 0.341 e. The van der Waals surface area contributed by atoms with Crippen LogP contribution in [0.25, 0.3) is 0 Å². The fourth-order valence-electron chi connectivity index (χ4n) is 2.24. The molecule has 0 amide bonds. The van der Waals surface area contributed by atoms with Crippen molar-refractivity contribution in [2.75, 3.05) is 6.54 Å². The fraction of sp³-hybridized carbons (Fsp3) is 0.286. The summed E-state index contributed by atoms with van der Waals surface area (Å²) in [4.78, 5) is 0. The van der Waals surface area contributed by atoms with Crippen molar-refractivity contribution >= 4 is 0 Å². The van der Waals surface area contributed by atoms with Crippen LogP contribution in [0.4, 0.5) is 0 Å². The van der Waals surface area contributed by atoms with Crippen molar-refractivity contribution in [3.05, 3.63) is 59.4 Å². The Hall–Kier alpha value is -1.54. The van der Waals surface area contributed by atoms with Crippen molar-refractivity contribution in [3.63, 3.8) is 0 Å². The standard InChI is InChI=1S/C14H18N2/c1-11-8-9-12(2)16(11)14(10-15)13-6-4-3-5-7-13/h3-9,14H,10,15H2,1-2H3. The van der Waals surface area contributed by atoms with E-state index in [9.17, 15) is 0 Å². The monoisotopic (exact) mass is 214 g/mol. The lowest BCUT2D eigenvalue weighted by molar-refractivity contribution is 0.571. The minimum atomic E-state index is 0.246. The number of aromatic nitrogens is 1. The minimum Gasteiger partial charge on any atom is -0.341 e. The number of nitrogens with zero attached hydrogens (tertiary/aromatic N) is 1. The Balaban J connectivity index is 2.45. The van der Waals surface area contributed by atoms with Crippen LogP contribution in [0.3, 0.4) is 0 Å². The number of rotatable bonds is 3. The van der Waals surface area contributed by atoms with Gasteiger partial charge in [-0.25, -0.2) is 0 Å². The molecule has 0 fully saturated rings. The number of aryl methyl sites for hydroxylation is 2. The SMILES string of the molecule is Cc1ccc(C)n1C(CN)c1ccccc1. The van der Waals surface area contributed by atoms with Crippen LogP contribution >= 0.6 is 0 Å². The summed E-state index contributed by atoms with van der Waals surface area (Å²) in [6.45, 7) is 4.87. The highest BCUT2D eigenvalue weighted by Crippen LogP contribution is 2.21. The summed E-state index contributed by atoms with van der Waals surface area (Å²) in [5.74, 6) is 0. The molecule has 0 bridgehead atoms. The van der Waals surface area contributed by atoms with Gasteiger partial charge in [-0.3, -0.25) is 0 Å². The van der Waals surface area contributed by atoms with Crippen molar-refractivity contribution in [2.45, 2.75) is 19.9 Å². The van der Waals surface area contributed by atoms with E-state index in [1.54, 1.807) is 0 Å². The van der Waals surface area contributed by atoms with E-state index in [1.165, 1.54) is 17.0 Å². The first kappa shape index (κ1) is 11.0. The molecule has 1 heterocycles. The fourth-order valence-corrected chi connectivity index (χ4v) is 2.24. The molecule has 2 heteroatoms. The van der Waals surface area contributed by atoms with Gasteiger partial charge in [0.25, 0.3) is 0 Å². The lowest BCUT2D eigenvalue weighted by Crippen LogP contribution is -2.22. The molecule has 16 heavy (non-hydrogen) atoms. The predicted molar refractivity (Wildman–Crippen MR) is 67.5 cm³/mol. The molecular weight excluding hydrogens is 196 g/mol. The Bertz CT molecular complexity index is 437. The average Bonchev–Trinajstić information content (AvgIpc) is 2.63. The molecule has 0 aliphatic carbocycles. The molecule has 0 aliphatic rings. The average molecular weight is 214 g/mol. The third-order valence-corrected chi connectivity index (χ3v) is 3.04. The van der Waals surface area contributed by atoms with Crippen molar-refractivity contribution in [1.82, 2.24) is 4.57 Å². The number of benzene rings is 1. The molecular formula is C14H18N2. The summed E-state index contributed by atoms with van der Waals surface area (Å²) < 4.78 is 2.30. The highest BCUT2D eigenvalue weighted by Gasteiger charge is 2.14. The van der Waals surface area contributed by atoms with E-state index in [0.717, 1.165) is 0 Å². The molecule has 1 aromatic carbocycles. The van der Waals surface area contributed by atoms with Crippen LogP contribution in [0.15, 0.2) is 42.5 Å². The van der Waals surface area contributed by atoms with Crippen LogP contribution in [-0.4, -0.2) is 11.1 Å². The minimum absolute atomic E-state index is 0.246. The quantitative estimate of drug-likeness (QED) is 0.836. The molecule has 2 N–H and O–H groups in total. The van der Waals surface area contributed by atoms with E-state index in [4.69, 9.17) is 5.73 Å². The van der Waals surface area contributed by atoms with Gasteiger partial charge in [0.1, 0.15) is 0 Å². The van der Waals surface area contributed by atoms with Crippen molar-refractivity contribution in [3.8, 4) is 0 Å². The van der Waals surface area contributed by atoms with Crippen molar-refractivity contribution < 1.29 is 0 Å². The van der Waals surface area contributed by atoms with Crippen molar-refractivity contribution in [1.29, 1.82) is 0 Å². The summed E-state index contributed by atoms with van der Waals surface area (Å²) >= 11 is 0. The van der Waals surface area contributed by atoms with Gasteiger partial charge in [0.15, 0.2) is 0 Å². The summed E-state index contributed by atoms with van der Waals surface area (Å²) in [7, 11) is 0. The van der Waals surface area contributed by atoms with Gasteiger partial charge in [0, 0.05) is 17.9 Å². The normalized spacial score (nSPS) is 12.7. The molecule has 0 aliphatic heterocycles. The molecule has 2 rings (SSSR count). The molecule has 0 spiro atoms. The molecule has 84 valence electrons. The smallest absolute Gasteiger partial charge is 0.0707 e.